The molecule has 3 nitrogen and oxygen atoms in total. The van der Waals surface area contributed by atoms with E-state index in [4.69, 9.17) is 0 Å². The fourth-order valence-electron chi connectivity index (χ4n) is 0.623. The van der Waals surface area contributed by atoms with Crippen LogP contribution in [0.25, 0.3) is 0 Å². The van der Waals surface area contributed by atoms with Crippen molar-refractivity contribution in [3.05, 3.63) is 25.3 Å². The zero-order chi connectivity index (χ0) is 8.69. The minimum absolute atomic E-state index is 0.242. The molecule has 4 heteroatoms. The van der Waals surface area contributed by atoms with E-state index in [1.54, 1.807) is 12.2 Å². The minimum Gasteiger partial charge on any atom is -0.317 e. The molecule has 0 saturated carbocycles. The van der Waals surface area contributed by atoms with Crippen molar-refractivity contribution in [3.8, 4) is 0 Å². The summed E-state index contributed by atoms with van der Waals surface area (Å²) in [6.07, 6.45) is 3.29. The molecule has 0 aromatic carbocycles. The molecule has 11 heavy (non-hydrogen) atoms. The number of carbonyl (C=O) groups is 1. The molecule has 0 spiro atoms. The van der Waals surface area contributed by atoms with Crippen LogP contribution >= 0.6 is 12.8 Å². The highest BCUT2D eigenvalue weighted by molar-refractivity contribution is 7.78. The fourth-order valence-corrected chi connectivity index (χ4v) is 0.764. The molecule has 0 aliphatic rings. The fraction of sp³-hybridized carbons (Fsp3) is 0.286. The maximum Gasteiger partial charge on any atom is 0.327 e. The van der Waals surface area contributed by atoms with Crippen LogP contribution in [-0.4, -0.2) is 24.0 Å². The molecule has 0 aromatic heterocycles. The Bertz CT molecular complexity index is 149. The van der Waals surface area contributed by atoms with Crippen LogP contribution in [0.3, 0.4) is 0 Å². The van der Waals surface area contributed by atoms with E-state index in [1.165, 1.54) is 4.90 Å². The lowest BCUT2D eigenvalue weighted by atomic mass is 10.5. The van der Waals surface area contributed by atoms with Crippen molar-refractivity contribution in [1.82, 2.24) is 9.62 Å². The SMILES string of the molecule is C=CCN(CC=C)C(=O)NS. The summed E-state index contributed by atoms with van der Waals surface area (Å²) < 4.78 is 2.22. The average molecular weight is 172 g/mol. The Hall–Kier alpha value is -0.900. The van der Waals surface area contributed by atoms with E-state index in [9.17, 15) is 4.79 Å². The highest BCUT2D eigenvalue weighted by Crippen LogP contribution is 1.90. The van der Waals surface area contributed by atoms with Gasteiger partial charge in [0.15, 0.2) is 0 Å². The quantitative estimate of drug-likeness (QED) is 0.485. The summed E-state index contributed by atoms with van der Waals surface area (Å²) in [7, 11) is 0. The Labute approximate surface area is 72.3 Å². The van der Waals surface area contributed by atoms with Crippen LogP contribution in [-0.2, 0) is 0 Å². The lowest BCUT2D eigenvalue weighted by Crippen LogP contribution is -2.36. The molecule has 0 bridgehead atoms. The predicted molar refractivity (Wildman–Crippen MR) is 49.5 cm³/mol. The smallest absolute Gasteiger partial charge is 0.317 e. The van der Waals surface area contributed by atoms with E-state index in [1.807, 2.05) is 0 Å². The van der Waals surface area contributed by atoms with Crippen LogP contribution in [0.4, 0.5) is 4.79 Å². The third kappa shape index (κ3) is 3.72. The number of hydrogen-bond acceptors (Lipinski definition) is 2. The number of nitrogens with one attached hydrogen (secondary N) is 1. The summed E-state index contributed by atoms with van der Waals surface area (Å²) in [5.41, 5.74) is 0. The maximum absolute atomic E-state index is 10.9. The summed E-state index contributed by atoms with van der Waals surface area (Å²) in [4.78, 5) is 12.5. The van der Waals surface area contributed by atoms with E-state index in [0.29, 0.717) is 13.1 Å². The van der Waals surface area contributed by atoms with E-state index in [0.717, 1.165) is 0 Å². The van der Waals surface area contributed by atoms with Crippen LogP contribution < -0.4 is 4.72 Å². The summed E-state index contributed by atoms with van der Waals surface area (Å²) in [6, 6.07) is -0.242. The molecule has 0 unspecified atom stereocenters. The number of carbonyl (C=O) groups excluding carboxylic acids is 1. The third-order valence-corrected chi connectivity index (χ3v) is 1.27. The second kappa shape index (κ2) is 5.85. The van der Waals surface area contributed by atoms with Gasteiger partial charge in [0.25, 0.3) is 0 Å². The number of thiol groups is 1. The molecule has 62 valence electrons. The van der Waals surface area contributed by atoms with E-state index in [-0.39, 0.29) is 6.03 Å². The molecule has 0 radical (unpaired) electrons. The van der Waals surface area contributed by atoms with Crippen LogP contribution in [0.5, 0.6) is 0 Å². The third-order valence-electron chi connectivity index (χ3n) is 1.08. The van der Waals surface area contributed by atoms with Crippen LogP contribution in [0.1, 0.15) is 0 Å². The molecule has 0 aliphatic heterocycles. The van der Waals surface area contributed by atoms with Crippen molar-refractivity contribution < 1.29 is 4.79 Å². The van der Waals surface area contributed by atoms with Gasteiger partial charge >= 0.3 is 6.03 Å². The van der Waals surface area contributed by atoms with E-state index < -0.39 is 0 Å². The summed E-state index contributed by atoms with van der Waals surface area (Å²) >= 11 is 3.63. The maximum atomic E-state index is 10.9. The Morgan fingerprint density at radius 2 is 1.91 bits per heavy atom. The van der Waals surface area contributed by atoms with Crippen LogP contribution in [0, 0.1) is 0 Å². The van der Waals surface area contributed by atoms with Crippen molar-refractivity contribution in [3.63, 3.8) is 0 Å². The number of amides is 2. The second-order valence-electron chi connectivity index (χ2n) is 1.90. The van der Waals surface area contributed by atoms with Gasteiger partial charge in [-0.25, -0.2) is 4.79 Å². The summed E-state index contributed by atoms with van der Waals surface area (Å²) in [5.74, 6) is 0. The first-order chi connectivity index (χ1) is 5.26. The zero-order valence-electron chi connectivity index (χ0n) is 6.29. The molecule has 0 aromatic rings. The second-order valence-corrected chi connectivity index (χ2v) is 2.12. The van der Waals surface area contributed by atoms with Crippen molar-refractivity contribution in [2.45, 2.75) is 0 Å². The molecule has 1 N–H and O–H groups in total. The Morgan fingerprint density at radius 3 is 2.18 bits per heavy atom. The Kier molecular flexibility index (Phi) is 5.37. The topological polar surface area (TPSA) is 32.3 Å². The van der Waals surface area contributed by atoms with Crippen LogP contribution in [0.15, 0.2) is 25.3 Å². The van der Waals surface area contributed by atoms with Gasteiger partial charge in [-0.1, -0.05) is 25.0 Å². The number of rotatable bonds is 4. The molecule has 0 rings (SSSR count). The van der Waals surface area contributed by atoms with Gasteiger partial charge in [-0.2, -0.15) is 0 Å². The van der Waals surface area contributed by atoms with Gasteiger partial charge in [0, 0.05) is 13.1 Å². The molecule has 0 fully saturated rings. The first-order valence-electron chi connectivity index (χ1n) is 3.17. The van der Waals surface area contributed by atoms with E-state index >= 15 is 0 Å². The summed E-state index contributed by atoms with van der Waals surface area (Å²) in [5, 5.41) is 0. The predicted octanol–water partition coefficient (Wildman–Crippen LogP) is 1.21. The lowest BCUT2D eigenvalue weighted by molar-refractivity contribution is 0.215. The Balaban J connectivity index is 3.95. The van der Waals surface area contributed by atoms with E-state index in [2.05, 4.69) is 30.7 Å². The van der Waals surface area contributed by atoms with Gasteiger partial charge in [0.05, 0.1) is 0 Å². The van der Waals surface area contributed by atoms with Gasteiger partial charge in [0.2, 0.25) is 0 Å². The zero-order valence-corrected chi connectivity index (χ0v) is 7.18. The summed E-state index contributed by atoms with van der Waals surface area (Å²) in [6.45, 7) is 8.03. The van der Waals surface area contributed by atoms with Crippen LogP contribution in [0.2, 0.25) is 0 Å². The van der Waals surface area contributed by atoms with Crippen molar-refractivity contribution in [1.29, 1.82) is 0 Å². The normalized spacial score (nSPS) is 8.45. The highest BCUT2D eigenvalue weighted by Gasteiger charge is 2.06. The van der Waals surface area contributed by atoms with Crippen molar-refractivity contribution >= 4 is 18.8 Å². The molecule has 0 heterocycles. The first kappa shape index (κ1) is 10.1. The van der Waals surface area contributed by atoms with Gasteiger partial charge < -0.3 is 4.90 Å². The molecule has 0 aliphatic carbocycles. The number of nitrogens with zero attached hydrogens (tertiary/aromatic N) is 1. The lowest BCUT2D eigenvalue weighted by Gasteiger charge is -2.17. The first-order valence-corrected chi connectivity index (χ1v) is 3.61. The molecule has 0 saturated heterocycles. The molecular weight excluding hydrogens is 160 g/mol. The standard InChI is InChI=1S/C7H12N2OS/c1-3-5-9(6-4-2)7(10)8-11/h3-4,11H,1-2,5-6H2,(H,8,10). The molecular formula is C7H12N2OS. The van der Waals surface area contributed by atoms with Gasteiger partial charge in [-0.15, -0.1) is 13.2 Å². The van der Waals surface area contributed by atoms with Crippen molar-refractivity contribution in [2.24, 2.45) is 0 Å². The Morgan fingerprint density at radius 1 is 1.45 bits per heavy atom. The average Bonchev–Trinajstić information content (AvgIpc) is 2.03. The molecule has 2 amide bonds. The largest absolute Gasteiger partial charge is 0.327 e. The molecule has 0 atom stereocenters. The minimum atomic E-state index is -0.242. The van der Waals surface area contributed by atoms with Crippen molar-refractivity contribution in [2.75, 3.05) is 13.1 Å². The van der Waals surface area contributed by atoms with Gasteiger partial charge in [-0.05, 0) is 0 Å². The monoisotopic (exact) mass is 172 g/mol. The number of urea groups is 1. The highest BCUT2D eigenvalue weighted by atomic mass is 32.1. The number of hydrogen-bond donors (Lipinski definition) is 2. The van der Waals surface area contributed by atoms with Gasteiger partial charge in [-0.3, -0.25) is 4.72 Å². The van der Waals surface area contributed by atoms with Gasteiger partial charge in [0.1, 0.15) is 0 Å².